The van der Waals surface area contributed by atoms with Gasteiger partial charge < -0.3 is 15.5 Å². The van der Waals surface area contributed by atoms with Gasteiger partial charge in [-0.1, -0.05) is 0 Å². The molecule has 0 radical (unpaired) electrons. The molecule has 3 aliphatic rings. The fourth-order valence-electron chi connectivity index (χ4n) is 4.16. The highest BCUT2D eigenvalue weighted by Crippen LogP contribution is 2.37. The second-order valence-electron chi connectivity index (χ2n) is 6.95. The Morgan fingerprint density at radius 1 is 1.19 bits per heavy atom. The van der Waals surface area contributed by atoms with Crippen molar-refractivity contribution in [1.29, 1.82) is 0 Å². The number of amides is 1. The highest BCUT2D eigenvalue weighted by molar-refractivity contribution is 8.00. The SMILES string of the molecule is CN1C2CCC1CC(CNC(=O)CSC1CCNCC1)C2. The Hall–Kier alpha value is -0.260. The molecular formula is C16H29N3OS. The lowest BCUT2D eigenvalue weighted by Gasteiger charge is -2.36. The Labute approximate surface area is 132 Å². The van der Waals surface area contributed by atoms with Crippen LogP contribution in [-0.2, 0) is 4.79 Å². The lowest BCUT2D eigenvalue weighted by atomic mass is 9.91. The number of nitrogens with zero attached hydrogens (tertiary/aromatic N) is 1. The van der Waals surface area contributed by atoms with Crippen molar-refractivity contribution >= 4 is 17.7 Å². The molecule has 3 saturated heterocycles. The normalized spacial score (nSPS) is 34.0. The van der Waals surface area contributed by atoms with E-state index < -0.39 is 0 Å². The first-order valence-corrected chi connectivity index (χ1v) is 9.58. The number of hydrogen-bond acceptors (Lipinski definition) is 4. The molecule has 0 aromatic carbocycles. The van der Waals surface area contributed by atoms with Gasteiger partial charge in [-0.3, -0.25) is 4.79 Å². The fraction of sp³-hybridized carbons (Fsp3) is 0.938. The van der Waals surface area contributed by atoms with E-state index in [4.69, 9.17) is 0 Å². The van der Waals surface area contributed by atoms with Gasteiger partial charge in [0.2, 0.25) is 5.91 Å². The van der Waals surface area contributed by atoms with Crippen LogP contribution in [0.1, 0.15) is 38.5 Å². The number of hydrogen-bond donors (Lipinski definition) is 2. The monoisotopic (exact) mass is 311 g/mol. The molecule has 0 aromatic rings. The third-order valence-corrected chi connectivity index (χ3v) is 6.89. The maximum atomic E-state index is 12.0. The van der Waals surface area contributed by atoms with Crippen LogP contribution in [0, 0.1) is 5.92 Å². The molecule has 3 rings (SSSR count). The number of carbonyl (C=O) groups is 1. The van der Waals surface area contributed by atoms with Crippen LogP contribution in [-0.4, -0.2) is 60.6 Å². The Morgan fingerprint density at radius 3 is 2.52 bits per heavy atom. The molecule has 3 fully saturated rings. The number of nitrogens with one attached hydrogen (secondary N) is 2. The zero-order chi connectivity index (χ0) is 14.7. The lowest BCUT2D eigenvalue weighted by Crippen LogP contribution is -2.43. The molecular weight excluding hydrogens is 282 g/mol. The van der Waals surface area contributed by atoms with E-state index in [2.05, 4.69) is 22.6 Å². The average molecular weight is 311 g/mol. The van der Waals surface area contributed by atoms with E-state index in [1.165, 1.54) is 38.5 Å². The van der Waals surface area contributed by atoms with Gasteiger partial charge in [-0.05, 0) is 64.6 Å². The van der Waals surface area contributed by atoms with Crippen LogP contribution in [0.2, 0.25) is 0 Å². The maximum Gasteiger partial charge on any atom is 0.230 e. The van der Waals surface area contributed by atoms with Gasteiger partial charge in [0.25, 0.3) is 0 Å². The number of fused-ring (bicyclic) bond motifs is 2. The van der Waals surface area contributed by atoms with Crippen LogP contribution in [0.25, 0.3) is 0 Å². The van der Waals surface area contributed by atoms with Crippen molar-refractivity contribution in [2.75, 3.05) is 32.4 Å². The number of rotatable bonds is 5. The van der Waals surface area contributed by atoms with Gasteiger partial charge >= 0.3 is 0 Å². The molecule has 2 unspecified atom stereocenters. The molecule has 5 heteroatoms. The Bertz CT molecular complexity index is 345. The molecule has 2 bridgehead atoms. The van der Waals surface area contributed by atoms with E-state index in [1.54, 1.807) is 0 Å². The summed E-state index contributed by atoms with van der Waals surface area (Å²) < 4.78 is 0. The van der Waals surface area contributed by atoms with Gasteiger partial charge in [0.05, 0.1) is 5.75 Å². The van der Waals surface area contributed by atoms with Crippen LogP contribution in [0.3, 0.4) is 0 Å². The largest absolute Gasteiger partial charge is 0.355 e. The Balaban J connectivity index is 1.32. The minimum atomic E-state index is 0.241. The summed E-state index contributed by atoms with van der Waals surface area (Å²) in [5, 5.41) is 7.23. The number of thioether (sulfide) groups is 1. The molecule has 21 heavy (non-hydrogen) atoms. The van der Waals surface area contributed by atoms with E-state index in [1.807, 2.05) is 11.8 Å². The minimum absolute atomic E-state index is 0.241. The van der Waals surface area contributed by atoms with E-state index in [0.29, 0.717) is 16.9 Å². The van der Waals surface area contributed by atoms with Crippen LogP contribution >= 0.6 is 11.8 Å². The second kappa shape index (κ2) is 7.34. The summed E-state index contributed by atoms with van der Waals surface area (Å²) in [4.78, 5) is 14.6. The summed E-state index contributed by atoms with van der Waals surface area (Å²) in [5.41, 5.74) is 0. The van der Waals surface area contributed by atoms with E-state index in [-0.39, 0.29) is 5.91 Å². The predicted molar refractivity (Wildman–Crippen MR) is 88.7 cm³/mol. The van der Waals surface area contributed by atoms with Gasteiger partial charge in [0.15, 0.2) is 0 Å². The van der Waals surface area contributed by atoms with Crippen LogP contribution in [0.15, 0.2) is 0 Å². The third-order valence-electron chi connectivity index (χ3n) is 5.52. The zero-order valence-corrected chi connectivity index (χ0v) is 14.0. The van der Waals surface area contributed by atoms with Crippen LogP contribution < -0.4 is 10.6 Å². The van der Waals surface area contributed by atoms with E-state index in [0.717, 1.165) is 31.7 Å². The van der Waals surface area contributed by atoms with Gasteiger partial charge in [0.1, 0.15) is 0 Å². The fourth-order valence-corrected chi connectivity index (χ4v) is 5.21. The molecule has 4 nitrogen and oxygen atoms in total. The van der Waals surface area contributed by atoms with Crippen molar-refractivity contribution in [3.05, 3.63) is 0 Å². The average Bonchev–Trinajstić information content (AvgIpc) is 2.74. The van der Waals surface area contributed by atoms with Crippen molar-refractivity contribution in [2.24, 2.45) is 5.92 Å². The second-order valence-corrected chi connectivity index (χ2v) is 8.24. The highest BCUT2D eigenvalue weighted by Gasteiger charge is 2.38. The predicted octanol–water partition coefficient (Wildman–Crippen LogP) is 1.46. The lowest BCUT2D eigenvalue weighted by molar-refractivity contribution is -0.118. The first-order chi connectivity index (χ1) is 10.2. The molecule has 3 heterocycles. The summed E-state index contributed by atoms with van der Waals surface area (Å²) in [7, 11) is 2.27. The first-order valence-electron chi connectivity index (χ1n) is 8.53. The van der Waals surface area contributed by atoms with E-state index in [9.17, 15) is 4.79 Å². The molecule has 2 atom stereocenters. The molecule has 120 valence electrons. The maximum absolute atomic E-state index is 12.0. The van der Waals surface area contributed by atoms with Gasteiger partial charge in [-0.2, -0.15) is 0 Å². The van der Waals surface area contributed by atoms with Gasteiger partial charge in [0, 0.05) is 23.9 Å². The summed E-state index contributed by atoms with van der Waals surface area (Å²) in [6.45, 7) is 3.11. The van der Waals surface area contributed by atoms with E-state index >= 15 is 0 Å². The Kier molecular flexibility index (Phi) is 5.46. The molecule has 0 spiro atoms. The molecule has 0 saturated carbocycles. The molecule has 0 aliphatic carbocycles. The number of carbonyl (C=O) groups excluding carboxylic acids is 1. The standard InChI is InChI=1S/C16H29N3OS/c1-19-13-2-3-14(19)9-12(8-13)10-18-16(20)11-21-15-4-6-17-7-5-15/h12-15,17H,2-11H2,1H3,(H,18,20). The zero-order valence-electron chi connectivity index (χ0n) is 13.1. The topological polar surface area (TPSA) is 44.4 Å². The molecule has 1 amide bonds. The van der Waals surface area contributed by atoms with Crippen LogP contribution in [0.4, 0.5) is 0 Å². The quantitative estimate of drug-likeness (QED) is 0.807. The van der Waals surface area contributed by atoms with Crippen LogP contribution in [0.5, 0.6) is 0 Å². The number of piperidine rings is 2. The minimum Gasteiger partial charge on any atom is -0.355 e. The smallest absolute Gasteiger partial charge is 0.230 e. The van der Waals surface area contributed by atoms with Crippen molar-refractivity contribution in [2.45, 2.75) is 55.9 Å². The summed E-state index contributed by atoms with van der Waals surface area (Å²) >= 11 is 1.85. The molecule has 2 N–H and O–H groups in total. The summed E-state index contributed by atoms with van der Waals surface area (Å²) in [6.07, 6.45) is 7.67. The molecule has 3 aliphatic heterocycles. The van der Waals surface area contributed by atoms with Crippen molar-refractivity contribution < 1.29 is 4.79 Å². The van der Waals surface area contributed by atoms with Crippen molar-refractivity contribution in [3.63, 3.8) is 0 Å². The summed E-state index contributed by atoms with van der Waals surface area (Å²) in [6, 6.07) is 1.55. The molecule has 0 aromatic heterocycles. The highest BCUT2D eigenvalue weighted by atomic mass is 32.2. The van der Waals surface area contributed by atoms with Gasteiger partial charge in [-0.25, -0.2) is 0 Å². The van der Waals surface area contributed by atoms with Crippen molar-refractivity contribution in [1.82, 2.24) is 15.5 Å². The summed E-state index contributed by atoms with van der Waals surface area (Å²) in [5.74, 6) is 1.58. The van der Waals surface area contributed by atoms with Gasteiger partial charge in [-0.15, -0.1) is 11.8 Å². The first kappa shape index (κ1) is 15.6. The Morgan fingerprint density at radius 2 is 1.86 bits per heavy atom. The third kappa shape index (κ3) is 4.14. The van der Waals surface area contributed by atoms with Crippen molar-refractivity contribution in [3.8, 4) is 0 Å².